The minimum absolute atomic E-state index is 0.196. The number of nitrogens with zero attached hydrogens (tertiary/aromatic N) is 3. The lowest BCUT2D eigenvalue weighted by Crippen LogP contribution is -2.05. The van der Waals surface area contributed by atoms with Crippen molar-refractivity contribution >= 4 is 38.7 Å². The van der Waals surface area contributed by atoms with Crippen LogP contribution in [0.25, 0.3) is 16.9 Å². The maximum absolute atomic E-state index is 6.34. The van der Waals surface area contributed by atoms with Gasteiger partial charge in [0, 0.05) is 10.7 Å². The molecule has 0 aliphatic rings. The van der Waals surface area contributed by atoms with Crippen molar-refractivity contribution in [3.8, 4) is 5.69 Å². The first kappa shape index (κ1) is 14.5. The van der Waals surface area contributed by atoms with E-state index in [0.717, 1.165) is 27.1 Å². The Morgan fingerprint density at radius 1 is 1.29 bits per heavy atom. The smallest absolute Gasteiger partial charge is 0.164 e. The van der Waals surface area contributed by atoms with E-state index in [-0.39, 0.29) is 5.38 Å². The van der Waals surface area contributed by atoms with Crippen LogP contribution >= 0.6 is 27.5 Å². The van der Waals surface area contributed by atoms with Crippen LogP contribution in [0.4, 0.5) is 0 Å². The molecule has 0 aliphatic heterocycles. The van der Waals surface area contributed by atoms with E-state index in [1.807, 2.05) is 19.1 Å². The molecule has 2 heterocycles. The maximum atomic E-state index is 6.34. The highest BCUT2D eigenvalue weighted by Gasteiger charge is 2.19. The molecule has 0 N–H and O–H groups in total. The summed E-state index contributed by atoms with van der Waals surface area (Å²) in [6, 6.07) is 8.19. The van der Waals surface area contributed by atoms with Crippen LogP contribution in [-0.4, -0.2) is 14.5 Å². The lowest BCUT2D eigenvalue weighted by molar-refractivity contribution is 0.871. The fraction of sp³-hybridized carbons (Fsp3) is 0.250. The third kappa shape index (κ3) is 2.47. The Morgan fingerprint density at radius 2 is 2.05 bits per heavy atom. The van der Waals surface area contributed by atoms with Crippen molar-refractivity contribution in [2.45, 2.75) is 26.1 Å². The minimum atomic E-state index is -0.196. The van der Waals surface area contributed by atoms with Crippen molar-refractivity contribution in [2.75, 3.05) is 0 Å². The molecule has 0 bridgehead atoms. The number of halogens is 2. The summed E-state index contributed by atoms with van der Waals surface area (Å²) in [7, 11) is 0. The summed E-state index contributed by atoms with van der Waals surface area (Å²) in [5.41, 5.74) is 5.19. The van der Waals surface area contributed by atoms with Gasteiger partial charge in [-0.15, -0.1) is 11.6 Å². The van der Waals surface area contributed by atoms with Gasteiger partial charge in [-0.25, -0.2) is 9.97 Å². The molecule has 0 saturated heterocycles. The SMILES string of the molecule is Cc1cccc(-n2c(C(C)Cl)nc3cc(Br)cnc32)c1C. The van der Waals surface area contributed by atoms with Gasteiger partial charge < -0.3 is 0 Å². The van der Waals surface area contributed by atoms with E-state index in [1.54, 1.807) is 6.20 Å². The van der Waals surface area contributed by atoms with Crippen molar-refractivity contribution in [2.24, 2.45) is 0 Å². The molecule has 2 aromatic heterocycles. The molecule has 21 heavy (non-hydrogen) atoms. The number of alkyl halides is 1. The molecule has 1 atom stereocenters. The maximum Gasteiger partial charge on any atom is 0.164 e. The van der Waals surface area contributed by atoms with Crippen LogP contribution in [0.1, 0.15) is 29.3 Å². The lowest BCUT2D eigenvalue weighted by Gasteiger charge is -2.14. The Kier molecular flexibility index (Phi) is 3.76. The number of aryl methyl sites for hydroxylation is 1. The van der Waals surface area contributed by atoms with E-state index in [4.69, 9.17) is 11.6 Å². The molecule has 3 rings (SSSR count). The zero-order valence-corrected chi connectivity index (χ0v) is 14.4. The lowest BCUT2D eigenvalue weighted by atomic mass is 10.1. The third-order valence-electron chi connectivity index (χ3n) is 3.66. The molecule has 0 spiro atoms. The molecule has 0 amide bonds. The Bertz CT molecular complexity index is 824. The first-order valence-corrected chi connectivity index (χ1v) is 7.96. The zero-order valence-electron chi connectivity index (χ0n) is 12.1. The molecule has 1 aromatic carbocycles. The molecule has 0 saturated carbocycles. The predicted octanol–water partition coefficient (Wildman–Crippen LogP) is 5.10. The fourth-order valence-corrected chi connectivity index (χ4v) is 2.91. The van der Waals surface area contributed by atoms with Crippen LogP contribution < -0.4 is 0 Å². The van der Waals surface area contributed by atoms with Crippen molar-refractivity contribution < 1.29 is 0 Å². The molecular weight excluding hydrogens is 350 g/mol. The van der Waals surface area contributed by atoms with Crippen molar-refractivity contribution in [3.05, 3.63) is 51.9 Å². The molecular formula is C16H15BrClN3. The van der Waals surface area contributed by atoms with Crippen LogP contribution in [0.15, 0.2) is 34.9 Å². The standard InChI is InChI=1S/C16H15BrClN3/c1-9-5-4-6-14(10(9)2)21-15(11(3)18)20-13-7-12(17)8-19-16(13)21/h4-8,11H,1-3H3. The Balaban J connectivity index is 2.39. The summed E-state index contributed by atoms with van der Waals surface area (Å²) < 4.78 is 2.97. The van der Waals surface area contributed by atoms with Gasteiger partial charge in [0.1, 0.15) is 11.3 Å². The summed E-state index contributed by atoms with van der Waals surface area (Å²) in [6.07, 6.45) is 1.79. The second-order valence-electron chi connectivity index (χ2n) is 5.14. The van der Waals surface area contributed by atoms with Crippen LogP contribution in [0.2, 0.25) is 0 Å². The van der Waals surface area contributed by atoms with Gasteiger partial charge in [-0.2, -0.15) is 0 Å². The number of hydrogen-bond donors (Lipinski definition) is 0. The molecule has 1 unspecified atom stereocenters. The van der Waals surface area contributed by atoms with Gasteiger partial charge >= 0.3 is 0 Å². The summed E-state index contributed by atoms with van der Waals surface area (Å²) in [6.45, 7) is 6.14. The van der Waals surface area contributed by atoms with Gasteiger partial charge in [0.25, 0.3) is 0 Å². The van der Waals surface area contributed by atoms with Gasteiger partial charge in [0.15, 0.2) is 5.65 Å². The van der Waals surface area contributed by atoms with Gasteiger partial charge in [-0.05, 0) is 60.0 Å². The molecule has 0 radical (unpaired) electrons. The second-order valence-corrected chi connectivity index (χ2v) is 6.71. The van der Waals surface area contributed by atoms with Gasteiger partial charge in [0.05, 0.1) is 11.1 Å². The van der Waals surface area contributed by atoms with Crippen LogP contribution in [0.3, 0.4) is 0 Å². The number of pyridine rings is 1. The number of hydrogen-bond acceptors (Lipinski definition) is 2. The summed E-state index contributed by atoms with van der Waals surface area (Å²) in [5.74, 6) is 0.811. The van der Waals surface area contributed by atoms with E-state index in [0.29, 0.717) is 0 Å². The third-order valence-corrected chi connectivity index (χ3v) is 4.29. The van der Waals surface area contributed by atoms with E-state index in [1.165, 1.54) is 11.1 Å². The van der Waals surface area contributed by atoms with Crippen molar-refractivity contribution in [1.82, 2.24) is 14.5 Å². The first-order chi connectivity index (χ1) is 9.99. The quantitative estimate of drug-likeness (QED) is 0.592. The Morgan fingerprint density at radius 3 is 2.76 bits per heavy atom. The Labute approximate surface area is 137 Å². The highest BCUT2D eigenvalue weighted by atomic mass is 79.9. The number of rotatable bonds is 2. The van der Waals surface area contributed by atoms with E-state index in [9.17, 15) is 0 Å². The van der Waals surface area contributed by atoms with Gasteiger partial charge in [-0.3, -0.25) is 4.57 Å². The summed E-state index contributed by atoms with van der Waals surface area (Å²) in [4.78, 5) is 9.18. The summed E-state index contributed by atoms with van der Waals surface area (Å²) >= 11 is 9.78. The first-order valence-electron chi connectivity index (χ1n) is 6.73. The average Bonchev–Trinajstić information content (AvgIpc) is 2.80. The fourth-order valence-electron chi connectivity index (χ4n) is 2.44. The van der Waals surface area contributed by atoms with E-state index >= 15 is 0 Å². The zero-order chi connectivity index (χ0) is 15.1. The van der Waals surface area contributed by atoms with E-state index < -0.39 is 0 Å². The van der Waals surface area contributed by atoms with Gasteiger partial charge in [-0.1, -0.05) is 12.1 Å². The molecule has 3 nitrogen and oxygen atoms in total. The van der Waals surface area contributed by atoms with E-state index in [2.05, 4.69) is 56.4 Å². The van der Waals surface area contributed by atoms with Crippen molar-refractivity contribution in [1.29, 1.82) is 0 Å². The molecule has 3 aromatic rings. The Hall–Kier alpha value is -1.39. The number of benzene rings is 1. The van der Waals surface area contributed by atoms with Crippen LogP contribution in [0, 0.1) is 13.8 Å². The van der Waals surface area contributed by atoms with Gasteiger partial charge in [0.2, 0.25) is 0 Å². The second kappa shape index (κ2) is 5.43. The molecule has 0 fully saturated rings. The number of fused-ring (bicyclic) bond motifs is 1. The average molecular weight is 365 g/mol. The highest BCUT2D eigenvalue weighted by Crippen LogP contribution is 2.30. The molecule has 108 valence electrons. The predicted molar refractivity (Wildman–Crippen MR) is 90.3 cm³/mol. The molecule has 0 aliphatic carbocycles. The van der Waals surface area contributed by atoms with Crippen LogP contribution in [-0.2, 0) is 0 Å². The van der Waals surface area contributed by atoms with Crippen molar-refractivity contribution in [3.63, 3.8) is 0 Å². The highest BCUT2D eigenvalue weighted by molar-refractivity contribution is 9.10. The van der Waals surface area contributed by atoms with Crippen LogP contribution in [0.5, 0.6) is 0 Å². The topological polar surface area (TPSA) is 30.7 Å². The largest absolute Gasteiger partial charge is 0.279 e. The summed E-state index contributed by atoms with van der Waals surface area (Å²) in [5, 5.41) is -0.196. The number of imidazole rings is 1. The monoisotopic (exact) mass is 363 g/mol. The minimum Gasteiger partial charge on any atom is -0.279 e. The normalized spacial score (nSPS) is 12.8. The molecule has 5 heteroatoms. The number of aromatic nitrogens is 3.